The molecule has 3 aromatic carbocycles. The summed E-state index contributed by atoms with van der Waals surface area (Å²) in [6.07, 6.45) is -9.95. The first kappa shape index (κ1) is 25.9. The van der Waals surface area contributed by atoms with Crippen LogP contribution in [-0.2, 0) is 18.9 Å². The molecule has 4 rings (SSSR count). The topological polar surface area (TPSA) is 71.2 Å². The molecule has 0 amide bonds. The Labute approximate surface area is 203 Å². The van der Waals surface area contributed by atoms with E-state index in [1.807, 2.05) is 0 Å². The summed E-state index contributed by atoms with van der Waals surface area (Å²) in [6, 6.07) is 7.78. The number of benzene rings is 3. The lowest BCUT2D eigenvalue weighted by molar-refractivity contribution is -0.143. The minimum atomic E-state index is -5.01. The van der Waals surface area contributed by atoms with Crippen molar-refractivity contribution in [1.29, 1.82) is 0 Å². The SMILES string of the molecule is Cc1ccc(-c2noc(-c3ccc(F)c(O)c3F)n2)cc1NCc1ccc(C(F)(F)F)cc1C(F)(F)F. The third-order valence-electron chi connectivity index (χ3n) is 5.43. The second-order valence-electron chi connectivity index (χ2n) is 7.93. The van der Waals surface area contributed by atoms with Gasteiger partial charge in [-0.3, -0.25) is 0 Å². The molecule has 13 heteroatoms. The maximum absolute atomic E-state index is 14.2. The summed E-state index contributed by atoms with van der Waals surface area (Å²) < 4.78 is 112. The van der Waals surface area contributed by atoms with E-state index in [1.54, 1.807) is 19.1 Å². The fourth-order valence-electron chi connectivity index (χ4n) is 3.47. The summed E-state index contributed by atoms with van der Waals surface area (Å²) in [6.45, 7) is 1.19. The van der Waals surface area contributed by atoms with Gasteiger partial charge in [0.2, 0.25) is 5.82 Å². The summed E-state index contributed by atoms with van der Waals surface area (Å²) >= 11 is 0. The van der Waals surface area contributed by atoms with E-state index in [1.165, 1.54) is 6.07 Å². The lowest BCUT2D eigenvalue weighted by Crippen LogP contribution is -2.15. The molecule has 0 aliphatic carbocycles. The monoisotopic (exact) mass is 529 g/mol. The third kappa shape index (κ3) is 5.34. The second-order valence-corrected chi connectivity index (χ2v) is 7.93. The molecule has 0 aliphatic heterocycles. The average molecular weight is 529 g/mol. The smallest absolute Gasteiger partial charge is 0.416 e. The largest absolute Gasteiger partial charge is 0.503 e. The van der Waals surface area contributed by atoms with Crippen molar-refractivity contribution in [2.45, 2.75) is 25.8 Å². The minimum absolute atomic E-state index is 0.0493. The van der Waals surface area contributed by atoms with Crippen molar-refractivity contribution >= 4 is 5.69 Å². The highest BCUT2D eigenvalue weighted by Crippen LogP contribution is 2.38. The number of anilines is 1. The van der Waals surface area contributed by atoms with Crippen molar-refractivity contribution in [1.82, 2.24) is 10.1 Å². The molecule has 1 aromatic heterocycles. The average Bonchev–Trinajstić information content (AvgIpc) is 3.31. The normalized spacial score (nSPS) is 12.1. The first-order valence-electron chi connectivity index (χ1n) is 10.4. The van der Waals surface area contributed by atoms with E-state index in [9.17, 15) is 40.2 Å². The zero-order valence-corrected chi connectivity index (χ0v) is 18.6. The molecule has 0 atom stereocenters. The molecule has 1 heterocycles. The molecular formula is C24H15F8N3O2. The molecular weight excluding hydrogens is 514 g/mol. The van der Waals surface area contributed by atoms with Crippen molar-refractivity contribution in [3.05, 3.63) is 82.4 Å². The maximum atomic E-state index is 14.2. The van der Waals surface area contributed by atoms with Crippen molar-refractivity contribution in [2.24, 2.45) is 0 Å². The molecule has 2 N–H and O–H groups in total. The Bertz CT molecular complexity index is 1460. The highest BCUT2D eigenvalue weighted by molar-refractivity contribution is 5.67. The standard InChI is InChI=1S/C24H15F8N3O2/c1-11-2-3-12(21-34-22(37-35-21)15-6-7-17(25)20(36)19(15)26)8-18(11)33-10-13-4-5-14(23(27,28)29)9-16(13)24(30,31)32/h2-9,33,36H,10H2,1H3. The number of phenols is 1. The molecule has 0 radical (unpaired) electrons. The third-order valence-corrected chi connectivity index (χ3v) is 5.43. The van der Waals surface area contributed by atoms with Crippen LogP contribution in [0.3, 0.4) is 0 Å². The van der Waals surface area contributed by atoms with Crippen LogP contribution < -0.4 is 5.32 Å². The van der Waals surface area contributed by atoms with Gasteiger partial charge in [0.25, 0.3) is 5.89 Å². The summed E-state index contributed by atoms with van der Waals surface area (Å²) in [5.41, 5.74) is -2.39. The fraction of sp³-hybridized carbons (Fsp3) is 0.167. The lowest BCUT2D eigenvalue weighted by Gasteiger charge is -2.17. The highest BCUT2D eigenvalue weighted by Gasteiger charge is 2.38. The molecule has 0 aliphatic rings. The van der Waals surface area contributed by atoms with Crippen LogP contribution in [0.2, 0.25) is 0 Å². The van der Waals surface area contributed by atoms with Crippen molar-refractivity contribution in [3.63, 3.8) is 0 Å². The summed E-state index contributed by atoms with van der Waals surface area (Å²) in [5.74, 6) is -4.12. The van der Waals surface area contributed by atoms with Gasteiger partial charge in [-0.2, -0.15) is 31.3 Å². The number of halogens is 8. The predicted octanol–water partition coefficient (Wildman–Crippen LogP) is 7.35. The molecule has 5 nitrogen and oxygen atoms in total. The van der Waals surface area contributed by atoms with Gasteiger partial charge in [0.1, 0.15) is 0 Å². The number of nitrogens with one attached hydrogen (secondary N) is 1. The lowest BCUT2D eigenvalue weighted by atomic mass is 10.0. The number of hydrogen-bond donors (Lipinski definition) is 2. The van der Waals surface area contributed by atoms with Gasteiger partial charge in [-0.1, -0.05) is 23.4 Å². The number of aromatic hydroxyl groups is 1. The zero-order valence-electron chi connectivity index (χ0n) is 18.6. The molecule has 0 saturated carbocycles. The second kappa shape index (κ2) is 9.37. The number of aromatic nitrogens is 2. The van der Waals surface area contributed by atoms with Crippen molar-refractivity contribution in [2.75, 3.05) is 5.32 Å². The molecule has 4 aromatic rings. The van der Waals surface area contributed by atoms with E-state index >= 15 is 0 Å². The number of rotatable bonds is 5. The number of alkyl halides is 6. The van der Waals surface area contributed by atoms with Crippen LogP contribution in [0.4, 0.5) is 40.8 Å². The van der Waals surface area contributed by atoms with Crippen LogP contribution in [0, 0.1) is 18.6 Å². The van der Waals surface area contributed by atoms with E-state index in [0.29, 0.717) is 22.9 Å². The van der Waals surface area contributed by atoms with Gasteiger partial charge in [0, 0.05) is 17.8 Å². The summed E-state index contributed by atoms with van der Waals surface area (Å²) in [5, 5.41) is 15.9. The van der Waals surface area contributed by atoms with E-state index in [2.05, 4.69) is 15.5 Å². The Hall–Kier alpha value is -4.16. The molecule has 37 heavy (non-hydrogen) atoms. The number of aryl methyl sites for hydroxylation is 1. The fourth-order valence-corrected chi connectivity index (χ4v) is 3.47. The molecule has 0 unspecified atom stereocenters. The Kier molecular flexibility index (Phi) is 6.57. The molecule has 194 valence electrons. The maximum Gasteiger partial charge on any atom is 0.416 e. The van der Waals surface area contributed by atoms with E-state index in [0.717, 1.165) is 18.2 Å². The quantitative estimate of drug-likeness (QED) is 0.265. The van der Waals surface area contributed by atoms with E-state index in [-0.39, 0.29) is 23.3 Å². The first-order chi connectivity index (χ1) is 17.3. The van der Waals surface area contributed by atoms with Gasteiger partial charge in [-0.05, 0) is 48.4 Å². The van der Waals surface area contributed by atoms with Gasteiger partial charge < -0.3 is 14.9 Å². The number of hydrogen-bond acceptors (Lipinski definition) is 5. The van der Waals surface area contributed by atoms with Crippen LogP contribution in [0.15, 0.2) is 53.1 Å². The Morgan fingerprint density at radius 3 is 2.32 bits per heavy atom. The van der Waals surface area contributed by atoms with Crippen LogP contribution >= 0.6 is 0 Å². The van der Waals surface area contributed by atoms with Crippen LogP contribution in [0.25, 0.3) is 22.8 Å². The van der Waals surface area contributed by atoms with Gasteiger partial charge >= 0.3 is 12.4 Å². The molecule has 0 saturated heterocycles. The van der Waals surface area contributed by atoms with E-state index in [4.69, 9.17) is 4.52 Å². The van der Waals surface area contributed by atoms with Gasteiger partial charge in [-0.15, -0.1) is 0 Å². The van der Waals surface area contributed by atoms with Crippen LogP contribution in [0.1, 0.15) is 22.3 Å². The Morgan fingerprint density at radius 1 is 0.919 bits per heavy atom. The summed E-state index contributed by atoms with van der Waals surface area (Å²) in [4.78, 5) is 4.02. The highest BCUT2D eigenvalue weighted by atomic mass is 19.4. The number of phenolic OH excluding ortho intramolecular Hbond substituents is 1. The summed E-state index contributed by atoms with van der Waals surface area (Å²) in [7, 11) is 0. The first-order valence-corrected chi connectivity index (χ1v) is 10.4. The van der Waals surface area contributed by atoms with Crippen molar-refractivity contribution in [3.8, 4) is 28.6 Å². The Morgan fingerprint density at radius 2 is 1.65 bits per heavy atom. The zero-order chi connectivity index (χ0) is 27.1. The van der Waals surface area contributed by atoms with Gasteiger partial charge in [0.05, 0.1) is 16.7 Å². The van der Waals surface area contributed by atoms with Gasteiger partial charge in [0.15, 0.2) is 17.4 Å². The molecule has 0 fully saturated rings. The Balaban J connectivity index is 1.61. The predicted molar refractivity (Wildman–Crippen MR) is 115 cm³/mol. The van der Waals surface area contributed by atoms with Crippen LogP contribution in [-0.4, -0.2) is 15.2 Å². The van der Waals surface area contributed by atoms with E-state index < -0.39 is 53.0 Å². The van der Waals surface area contributed by atoms with Gasteiger partial charge in [-0.25, -0.2) is 8.78 Å². The molecule has 0 bridgehead atoms. The molecule has 0 spiro atoms. The minimum Gasteiger partial charge on any atom is -0.503 e. The van der Waals surface area contributed by atoms with Crippen LogP contribution in [0.5, 0.6) is 5.75 Å². The van der Waals surface area contributed by atoms with Crippen molar-refractivity contribution < 1.29 is 44.8 Å². The number of nitrogens with zero attached hydrogens (tertiary/aromatic N) is 2.